The van der Waals surface area contributed by atoms with Crippen LogP contribution in [0.15, 0.2) is 47.4 Å². The fourth-order valence-corrected chi connectivity index (χ4v) is 4.75. The third-order valence-corrected chi connectivity index (χ3v) is 6.73. The van der Waals surface area contributed by atoms with Crippen molar-refractivity contribution in [3.8, 4) is 0 Å². The predicted molar refractivity (Wildman–Crippen MR) is 121 cm³/mol. The Morgan fingerprint density at radius 3 is 2.58 bits per heavy atom. The van der Waals surface area contributed by atoms with E-state index in [0.717, 1.165) is 16.5 Å². The summed E-state index contributed by atoms with van der Waals surface area (Å²) in [5.41, 5.74) is 2.52. The number of rotatable bonds is 8. The quantitative estimate of drug-likeness (QED) is 0.315. The van der Waals surface area contributed by atoms with Gasteiger partial charge in [0.2, 0.25) is 12.2 Å². The summed E-state index contributed by atoms with van der Waals surface area (Å²) in [6, 6.07) is 11.6. The van der Waals surface area contributed by atoms with Gasteiger partial charge < -0.3 is 19.0 Å². The summed E-state index contributed by atoms with van der Waals surface area (Å²) in [7, 11) is 3.07. The van der Waals surface area contributed by atoms with Crippen LogP contribution in [0.4, 0.5) is 5.82 Å². The van der Waals surface area contributed by atoms with Gasteiger partial charge in [0.25, 0.3) is 0 Å². The van der Waals surface area contributed by atoms with Crippen molar-refractivity contribution < 1.29 is 24.0 Å². The molecule has 0 aliphatic rings. The first-order chi connectivity index (χ1) is 14.8. The highest BCUT2D eigenvalue weighted by atomic mass is 35.5. The highest BCUT2D eigenvalue weighted by Crippen LogP contribution is 2.34. The van der Waals surface area contributed by atoms with Crippen LogP contribution in [0, 0.1) is 6.92 Å². The Labute approximate surface area is 188 Å². The number of esters is 1. The van der Waals surface area contributed by atoms with Gasteiger partial charge in [-0.15, -0.1) is 0 Å². The van der Waals surface area contributed by atoms with Crippen molar-refractivity contribution in [1.29, 1.82) is 0 Å². The third kappa shape index (κ3) is 4.72. The number of hydrogen-bond acceptors (Lipinski definition) is 5. The fraction of sp³-hybridized carbons (Fsp3) is 0.273. The molecule has 0 aliphatic heterocycles. The molecule has 0 saturated heterocycles. The minimum Gasteiger partial charge on any atom is -0.611 e. The number of benzene rings is 2. The molecular formula is C22H23ClN2O5S. The van der Waals surface area contributed by atoms with E-state index in [2.05, 4.69) is 4.74 Å². The highest BCUT2D eigenvalue weighted by molar-refractivity contribution is 7.92. The van der Waals surface area contributed by atoms with Gasteiger partial charge in [0.1, 0.15) is 5.82 Å². The number of aromatic nitrogens is 1. The number of amides is 1. The van der Waals surface area contributed by atoms with Gasteiger partial charge in [0.15, 0.2) is 4.90 Å². The number of hydrogen-bond donors (Lipinski definition) is 1. The normalized spacial score (nSPS) is 13.1. The van der Waals surface area contributed by atoms with Crippen molar-refractivity contribution >= 4 is 51.9 Å². The topological polar surface area (TPSA) is 94.8 Å². The lowest BCUT2D eigenvalue weighted by atomic mass is 10.1. The summed E-state index contributed by atoms with van der Waals surface area (Å²) in [6.07, 6.45) is 0.666. The number of nitrogens with zero attached hydrogens (tertiary/aromatic N) is 2. The first-order valence-corrected chi connectivity index (χ1v) is 11.2. The SMILES string of the molecule is COC(=O)C[S@@+]([O-])c1ccc([C@@H](CO)N(C=O)c2cc3c(Cl)cc(C)cc3n2C)cc1. The second kappa shape index (κ2) is 9.74. The second-order valence-electron chi connectivity index (χ2n) is 7.09. The molecule has 3 rings (SSSR count). The molecule has 3 aromatic rings. The minimum atomic E-state index is -1.54. The number of ether oxygens (including phenoxy) is 1. The standard InChI is InChI=1S/C22H23ClN2O5S/c1-14-8-18(23)17-10-21(24(2)19(17)9-14)25(13-27)20(11-26)15-4-6-16(7-5-15)31(29)12-22(28)30-3/h4-10,13,20,26H,11-12H2,1-3H3/t20-,31-/m1/s1. The van der Waals surface area contributed by atoms with Gasteiger partial charge in [-0.25, -0.2) is 4.79 Å². The maximum Gasteiger partial charge on any atom is 0.356 e. The van der Waals surface area contributed by atoms with E-state index in [1.165, 1.54) is 12.0 Å². The van der Waals surface area contributed by atoms with E-state index in [1.54, 1.807) is 24.3 Å². The number of aryl methyl sites for hydroxylation is 2. The lowest BCUT2D eigenvalue weighted by Gasteiger charge is -2.27. The van der Waals surface area contributed by atoms with Gasteiger partial charge in [-0.2, -0.15) is 0 Å². The molecule has 1 N–H and O–H groups in total. The number of halogens is 1. The number of methoxy groups -OCH3 is 1. The molecule has 0 fully saturated rings. The Hall–Kier alpha value is -2.52. The molecule has 1 heterocycles. The average molecular weight is 463 g/mol. The molecule has 1 amide bonds. The monoisotopic (exact) mass is 462 g/mol. The molecule has 0 bridgehead atoms. The molecule has 2 atom stereocenters. The Balaban J connectivity index is 1.94. The predicted octanol–water partition coefficient (Wildman–Crippen LogP) is 3.12. The largest absolute Gasteiger partial charge is 0.611 e. The van der Waals surface area contributed by atoms with Crippen molar-refractivity contribution in [1.82, 2.24) is 4.57 Å². The first-order valence-electron chi connectivity index (χ1n) is 9.46. The van der Waals surface area contributed by atoms with Gasteiger partial charge in [-0.3, -0.25) is 9.69 Å². The van der Waals surface area contributed by atoms with Crippen LogP contribution < -0.4 is 4.90 Å². The maximum absolute atomic E-state index is 12.3. The smallest absolute Gasteiger partial charge is 0.356 e. The van der Waals surface area contributed by atoms with E-state index in [1.807, 2.05) is 36.7 Å². The molecule has 2 aromatic carbocycles. The van der Waals surface area contributed by atoms with Crippen molar-refractivity contribution in [3.63, 3.8) is 0 Å². The van der Waals surface area contributed by atoms with Crippen LogP contribution in [0.1, 0.15) is 17.2 Å². The van der Waals surface area contributed by atoms with Crippen LogP contribution in [0.3, 0.4) is 0 Å². The van der Waals surface area contributed by atoms with Crippen LogP contribution in [-0.2, 0) is 32.5 Å². The first kappa shape index (κ1) is 23.1. The molecule has 0 aliphatic carbocycles. The van der Waals surface area contributed by atoms with Crippen LogP contribution >= 0.6 is 11.6 Å². The third-order valence-electron chi connectivity index (χ3n) is 5.12. The van der Waals surface area contributed by atoms with Gasteiger partial charge in [-0.05, 0) is 59.6 Å². The Morgan fingerprint density at radius 1 is 1.32 bits per heavy atom. The Kier molecular flexibility index (Phi) is 7.27. The van der Waals surface area contributed by atoms with Crippen molar-refractivity contribution in [2.75, 3.05) is 24.4 Å². The summed E-state index contributed by atoms with van der Waals surface area (Å²) < 4.78 is 18.7. The number of carbonyl (C=O) groups is 2. The molecule has 1 aromatic heterocycles. The molecule has 0 saturated carbocycles. The molecular weight excluding hydrogens is 440 g/mol. The maximum atomic E-state index is 12.3. The lowest BCUT2D eigenvalue weighted by molar-refractivity contribution is -0.137. The molecule has 31 heavy (non-hydrogen) atoms. The fourth-order valence-electron chi connectivity index (χ4n) is 3.48. The summed E-state index contributed by atoms with van der Waals surface area (Å²) in [5, 5.41) is 11.5. The van der Waals surface area contributed by atoms with E-state index in [0.29, 0.717) is 27.7 Å². The molecule has 0 unspecified atom stereocenters. The molecule has 164 valence electrons. The van der Waals surface area contributed by atoms with Crippen molar-refractivity contribution in [2.45, 2.75) is 17.9 Å². The lowest BCUT2D eigenvalue weighted by Crippen LogP contribution is -2.31. The Bertz CT molecular complexity index is 1100. The zero-order chi connectivity index (χ0) is 22.7. The van der Waals surface area contributed by atoms with Gasteiger partial charge in [0.05, 0.1) is 30.3 Å². The zero-order valence-electron chi connectivity index (χ0n) is 17.4. The van der Waals surface area contributed by atoms with E-state index in [-0.39, 0.29) is 12.4 Å². The summed E-state index contributed by atoms with van der Waals surface area (Å²) >= 11 is 4.84. The van der Waals surface area contributed by atoms with E-state index in [4.69, 9.17) is 11.6 Å². The summed E-state index contributed by atoms with van der Waals surface area (Å²) in [5.74, 6) is -0.224. The van der Waals surface area contributed by atoms with Crippen LogP contribution in [0.25, 0.3) is 10.9 Å². The van der Waals surface area contributed by atoms with E-state index in [9.17, 15) is 19.2 Å². The zero-order valence-corrected chi connectivity index (χ0v) is 18.9. The van der Waals surface area contributed by atoms with Gasteiger partial charge in [0, 0.05) is 12.4 Å². The van der Waals surface area contributed by atoms with Gasteiger partial charge in [-0.1, -0.05) is 23.7 Å². The average Bonchev–Trinajstić information content (AvgIpc) is 3.08. The number of anilines is 1. The summed E-state index contributed by atoms with van der Waals surface area (Å²) in [4.78, 5) is 25.3. The van der Waals surface area contributed by atoms with Crippen molar-refractivity contribution in [2.24, 2.45) is 7.05 Å². The van der Waals surface area contributed by atoms with Crippen LogP contribution in [0.5, 0.6) is 0 Å². The van der Waals surface area contributed by atoms with E-state index < -0.39 is 23.2 Å². The van der Waals surface area contributed by atoms with Crippen LogP contribution in [-0.4, -0.2) is 46.1 Å². The van der Waals surface area contributed by atoms with Crippen LogP contribution in [0.2, 0.25) is 5.02 Å². The molecule has 7 nitrogen and oxygen atoms in total. The van der Waals surface area contributed by atoms with E-state index >= 15 is 0 Å². The molecule has 0 radical (unpaired) electrons. The number of fused-ring (bicyclic) bond motifs is 1. The summed E-state index contributed by atoms with van der Waals surface area (Å²) in [6.45, 7) is 1.62. The number of aliphatic hydroxyl groups is 1. The van der Waals surface area contributed by atoms with Gasteiger partial charge >= 0.3 is 5.97 Å². The molecule has 9 heteroatoms. The number of carbonyl (C=O) groups excluding carboxylic acids is 2. The van der Waals surface area contributed by atoms with Crippen molar-refractivity contribution in [3.05, 3.63) is 58.6 Å². The Morgan fingerprint density at radius 2 is 2.00 bits per heavy atom. The highest BCUT2D eigenvalue weighted by Gasteiger charge is 2.25. The number of aliphatic hydroxyl groups excluding tert-OH is 1. The molecule has 0 spiro atoms. The second-order valence-corrected chi connectivity index (χ2v) is 8.95. The minimum absolute atomic E-state index is 0.240.